The Kier molecular flexibility index (Phi) is 4.40. The molecule has 0 aliphatic rings. The number of nitrogens with zero attached hydrogens (tertiary/aromatic N) is 2. The molecule has 0 aliphatic carbocycles. The molecule has 0 unspecified atom stereocenters. The molecule has 1 amide bonds. The van der Waals surface area contributed by atoms with Gasteiger partial charge < -0.3 is 4.90 Å². The number of carbonyl (C=O) groups excluding carboxylic acids is 1. The van der Waals surface area contributed by atoms with Crippen molar-refractivity contribution in [3.8, 4) is 0 Å². The van der Waals surface area contributed by atoms with Crippen molar-refractivity contribution in [3.63, 3.8) is 0 Å². The highest BCUT2D eigenvalue weighted by Crippen LogP contribution is 2.12. The number of hydrogen-bond donors (Lipinski definition) is 0. The van der Waals surface area contributed by atoms with Crippen molar-refractivity contribution in [1.29, 1.82) is 0 Å². The van der Waals surface area contributed by atoms with Gasteiger partial charge in [-0.3, -0.25) is 9.78 Å². The molecule has 0 saturated carbocycles. The Hall–Kier alpha value is -2.30. The fourth-order valence-electron chi connectivity index (χ4n) is 1.80. The van der Waals surface area contributed by atoms with Gasteiger partial charge in [-0.25, -0.2) is 8.78 Å². The fourth-order valence-corrected chi connectivity index (χ4v) is 1.80. The Labute approximate surface area is 115 Å². The summed E-state index contributed by atoms with van der Waals surface area (Å²) < 4.78 is 26.3. The molecule has 1 heterocycles. The van der Waals surface area contributed by atoms with Crippen LogP contribution in [-0.2, 0) is 6.42 Å². The smallest absolute Gasteiger partial charge is 0.256 e. The second kappa shape index (κ2) is 6.23. The maximum absolute atomic E-state index is 13.5. The van der Waals surface area contributed by atoms with Crippen LogP contribution in [0.5, 0.6) is 0 Å². The van der Waals surface area contributed by atoms with Crippen molar-refractivity contribution in [2.24, 2.45) is 0 Å². The highest BCUT2D eigenvalue weighted by Gasteiger charge is 2.16. The van der Waals surface area contributed by atoms with Gasteiger partial charge in [0.25, 0.3) is 5.91 Å². The molecule has 104 valence electrons. The normalized spacial score (nSPS) is 10.3. The van der Waals surface area contributed by atoms with Gasteiger partial charge in [0, 0.05) is 38.0 Å². The molecule has 2 rings (SSSR count). The zero-order valence-electron chi connectivity index (χ0n) is 11.0. The summed E-state index contributed by atoms with van der Waals surface area (Å²) in [5.74, 6) is -2.02. The van der Waals surface area contributed by atoms with Crippen LogP contribution in [0.4, 0.5) is 8.78 Å². The third kappa shape index (κ3) is 3.38. The standard InChI is InChI=1S/C15H14F2N2O/c1-19(9-7-12-4-2-3-8-18-12)15(20)13-6-5-11(16)10-14(13)17/h2-6,8,10H,7,9H2,1H3. The predicted molar refractivity (Wildman–Crippen MR) is 71.3 cm³/mol. The minimum atomic E-state index is -0.848. The molecule has 0 saturated heterocycles. The lowest BCUT2D eigenvalue weighted by atomic mass is 10.1. The van der Waals surface area contributed by atoms with E-state index in [1.165, 1.54) is 4.90 Å². The molecule has 20 heavy (non-hydrogen) atoms. The summed E-state index contributed by atoms with van der Waals surface area (Å²) in [5, 5.41) is 0. The van der Waals surface area contributed by atoms with Crippen LogP contribution in [-0.4, -0.2) is 29.4 Å². The largest absolute Gasteiger partial charge is 0.341 e. The van der Waals surface area contributed by atoms with Gasteiger partial charge in [0.1, 0.15) is 11.6 Å². The SMILES string of the molecule is CN(CCc1ccccn1)C(=O)c1ccc(F)cc1F. The molecule has 0 radical (unpaired) electrons. The maximum atomic E-state index is 13.5. The summed E-state index contributed by atoms with van der Waals surface area (Å²) >= 11 is 0. The fraction of sp³-hybridized carbons (Fsp3) is 0.200. The maximum Gasteiger partial charge on any atom is 0.256 e. The van der Waals surface area contributed by atoms with Crippen LogP contribution in [0.25, 0.3) is 0 Å². The Balaban J connectivity index is 2.01. The van der Waals surface area contributed by atoms with Gasteiger partial charge in [-0.2, -0.15) is 0 Å². The van der Waals surface area contributed by atoms with Crippen LogP contribution in [0.3, 0.4) is 0 Å². The summed E-state index contributed by atoms with van der Waals surface area (Å²) in [7, 11) is 1.58. The number of halogens is 2. The molecule has 0 aliphatic heterocycles. The lowest BCUT2D eigenvalue weighted by Gasteiger charge is -2.17. The average molecular weight is 276 g/mol. The summed E-state index contributed by atoms with van der Waals surface area (Å²) in [6.07, 6.45) is 2.25. The Morgan fingerprint density at radius 3 is 2.70 bits per heavy atom. The van der Waals surface area contributed by atoms with Gasteiger partial charge in [0.05, 0.1) is 5.56 Å². The van der Waals surface area contributed by atoms with Gasteiger partial charge in [-0.15, -0.1) is 0 Å². The van der Waals surface area contributed by atoms with Gasteiger partial charge in [-0.1, -0.05) is 6.07 Å². The van der Waals surface area contributed by atoms with E-state index in [0.717, 1.165) is 17.8 Å². The number of likely N-dealkylation sites (N-methyl/N-ethyl adjacent to an activating group) is 1. The minimum Gasteiger partial charge on any atom is -0.341 e. The summed E-state index contributed by atoms with van der Waals surface area (Å²) in [5.41, 5.74) is 0.724. The van der Waals surface area contributed by atoms with Gasteiger partial charge >= 0.3 is 0 Å². The topological polar surface area (TPSA) is 33.2 Å². The van der Waals surface area contributed by atoms with E-state index < -0.39 is 17.5 Å². The molecule has 0 fully saturated rings. The first kappa shape index (κ1) is 14.1. The van der Waals surface area contributed by atoms with Crippen molar-refractivity contribution in [2.45, 2.75) is 6.42 Å². The molecule has 1 aromatic heterocycles. The van der Waals surface area contributed by atoms with Crippen LogP contribution in [0.2, 0.25) is 0 Å². The van der Waals surface area contributed by atoms with E-state index in [1.54, 1.807) is 13.2 Å². The number of carbonyl (C=O) groups is 1. The highest BCUT2D eigenvalue weighted by molar-refractivity contribution is 5.94. The number of pyridine rings is 1. The first-order valence-electron chi connectivity index (χ1n) is 6.18. The highest BCUT2D eigenvalue weighted by atomic mass is 19.1. The molecule has 0 N–H and O–H groups in total. The molecular formula is C15H14F2N2O. The molecule has 1 aromatic carbocycles. The lowest BCUT2D eigenvalue weighted by Crippen LogP contribution is -2.29. The van der Waals surface area contributed by atoms with Crippen LogP contribution in [0.15, 0.2) is 42.6 Å². The van der Waals surface area contributed by atoms with Crippen LogP contribution in [0.1, 0.15) is 16.1 Å². The Bertz CT molecular complexity index is 602. The summed E-state index contributed by atoms with van der Waals surface area (Å²) in [6.45, 7) is 0.409. The second-order valence-electron chi connectivity index (χ2n) is 4.42. The molecule has 0 spiro atoms. The van der Waals surface area contributed by atoms with Crippen molar-refractivity contribution in [3.05, 3.63) is 65.5 Å². The van der Waals surface area contributed by atoms with E-state index in [2.05, 4.69) is 4.98 Å². The van der Waals surface area contributed by atoms with Gasteiger partial charge in [0.15, 0.2) is 0 Å². The van der Waals surface area contributed by atoms with E-state index in [9.17, 15) is 13.6 Å². The number of aromatic nitrogens is 1. The zero-order chi connectivity index (χ0) is 14.5. The number of amides is 1. The first-order valence-corrected chi connectivity index (χ1v) is 6.18. The monoisotopic (exact) mass is 276 g/mol. The van der Waals surface area contributed by atoms with Crippen molar-refractivity contribution in [2.75, 3.05) is 13.6 Å². The van der Waals surface area contributed by atoms with Crippen LogP contribution < -0.4 is 0 Å². The van der Waals surface area contributed by atoms with E-state index in [-0.39, 0.29) is 5.56 Å². The van der Waals surface area contributed by atoms with Crippen molar-refractivity contribution in [1.82, 2.24) is 9.88 Å². The van der Waals surface area contributed by atoms with Crippen molar-refractivity contribution >= 4 is 5.91 Å². The third-order valence-corrected chi connectivity index (χ3v) is 2.94. The van der Waals surface area contributed by atoms with E-state index in [1.807, 2.05) is 18.2 Å². The van der Waals surface area contributed by atoms with Crippen LogP contribution in [0, 0.1) is 11.6 Å². The Morgan fingerprint density at radius 1 is 1.25 bits per heavy atom. The molecular weight excluding hydrogens is 262 g/mol. The van der Waals surface area contributed by atoms with E-state index >= 15 is 0 Å². The molecule has 5 heteroatoms. The quantitative estimate of drug-likeness (QED) is 0.860. The third-order valence-electron chi connectivity index (χ3n) is 2.94. The second-order valence-corrected chi connectivity index (χ2v) is 4.42. The number of hydrogen-bond acceptors (Lipinski definition) is 2. The summed E-state index contributed by atoms with van der Waals surface area (Å²) in [4.78, 5) is 17.6. The molecule has 2 aromatic rings. The number of benzene rings is 1. The predicted octanol–water partition coefficient (Wildman–Crippen LogP) is 2.67. The van der Waals surface area contributed by atoms with Crippen molar-refractivity contribution < 1.29 is 13.6 Å². The average Bonchev–Trinajstić information content (AvgIpc) is 2.45. The summed E-state index contributed by atoms with van der Waals surface area (Å²) in [6, 6.07) is 8.47. The van der Waals surface area contributed by atoms with E-state index in [0.29, 0.717) is 19.0 Å². The van der Waals surface area contributed by atoms with Crippen LogP contribution >= 0.6 is 0 Å². The first-order chi connectivity index (χ1) is 9.58. The minimum absolute atomic E-state index is 0.130. The Morgan fingerprint density at radius 2 is 2.05 bits per heavy atom. The molecule has 3 nitrogen and oxygen atoms in total. The molecule has 0 bridgehead atoms. The number of rotatable bonds is 4. The van der Waals surface area contributed by atoms with Gasteiger partial charge in [-0.05, 0) is 24.3 Å². The molecule has 0 atom stereocenters. The lowest BCUT2D eigenvalue weighted by molar-refractivity contribution is 0.0791. The zero-order valence-corrected chi connectivity index (χ0v) is 11.0. The van der Waals surface area contributed by atoms with Gasteiger partial charge in [0.2, 0.25) is 0 Å². The van der Waals surface area contributed by atoms with E-state index in [4.69, 9.17) is 0 Å².